The summed E-state index contributed by atoms with van der Waals surface area (Å²) in [6, 6.07) is 22.3. The third-order valence-corrected chi connectivity index (χ3v) is 6.21. The number of carbonyl (C=O) groups is 1. The average Bonchev–Trinajstić information content (AvgIpc) is 2.82. The van der Waals surface area contributed by atoms with Gasteiger partial charge in [0.05, 0.1) is 24.3 Å². The van der Waals surface area contributed by atoms with Crippen molar-refractivity contribution in [3.63, 3.8) is 0 Å². The molecule has 0 heterocycles. The van der Waals surface area contributed by atoms with Gasteiger partial charge in [0, 0.05) is 25.8 Å². The van der Waals surface area contributed by atoms with Crippen LogP contribution in [0, 0.1) is 0 Å². The van der Waals surface area contributed by atoms with E-state index in [-0.39, 0.29) is 10.8 Å². The first-order valence-electron chi connectivity index (χ1n) is 10.0. The van der Waals surface area contributed by atoms with Crippen LogP contribution in [-0.4, -0.2) is 46.6 Å². The summed E-state index contributed by atoms with van der Waals surface area (Å²) in [5.41, 5.74) is 1.73. The number of sulfonamides is 1. The molecular formula is C24H26N2O5S. The topological polar surface area (TPSA) is 84.9 Å². The van der Waals surface area contributed by atoms with E-state index in [0.29, 0.717) is 36.7 Å². The summed E-state index contributed by atoms with van der Waals surface area (Å²) in [5, 5.41) is 0. The molecule has 0 aliphatic heterocycles. The van der Waals surface area contributed by atoms with Crippen molar-refractivity contribution < 1.29 is 22.7 Å². The van der Waals surface area contributed by atoms with E-state index in [2.05, 4.69) is 4.72 Å². The Morgan fingerprint density at radius 3 is 2.22 bits per heavy atom. The Morgan fingerprint density at radius 1 is 0.906 bits per heavy atom. The minimum atomic E-state index is -3.85. The van der Waals surface area contributed by atoms with Gasteiger partial charge in [-0.1, -0.05) is 42.5 Å². The van der Waals surface area contributed by atoms with Crippen LogP contribution >= 0.6 is 0 Å². The van der Waals surface area contributed by atoms with E-state index < -0.39 is 10.0 Å². The van der Waals surface area contributed by atoms with Gasteiger partial charge in [-0.05, 0) is 42.0 Å². The second-order valence-corrected chi connectivity index (χ2v) is 8.72. The zero-order chi connectivity index (χ0) is 23.0. The molecule has 0 aliphatic rings. The molecule has 7 nitrogen and oxygen atoms in total. The summed E-state index contributed by atoms with van der Waals surface area (Å²) in [6.45, 7) is 1.24. The fraction of sp³-hybridized carbons (Fsp3) is 0.208. The number of carbonyl (C=O) groups excluding carboxylic acids is 1. The molecule has 8 heteroatoms. The fourth-order valence-electron chi connectivity index (χ4n) is 3.15. The van der Waals surface area contributed by atoms with E-state index in [4.69, 9.17) is 9.47 Å². The summed E-state index contributed by atoms with van der Waals surface area (Å²) >= 11 is 0. The maximum atomic E-state index is 13.1. The molecule has 0 saturated carbocycles. The highest BCUT2D eigenvalue weighted by Gasteiger charge is 2.20. The number of benzene rings is 3. The Kier molecular flexibility index (Phi) is 7.86. The normalized spacial score (nSPS) is 11.1. The molecule has 0 unspecified atom stereocenters. The lowest BCUT2D eigenvalue weighted by atomic mass is 10.1. The summed E-state index contributed by atoms with van der Waals surface area (Å²) in [6.07, 6.45) is 0. The number of methoxy groups -OCH3 is 2. The molecule has 0 bridgehead atoms. The lowest BCUT2D eigenvalue weighted by Gasteiger charge is -2.23. The second-order valence-electron chi connectivity index (χ2n) is 7.04. The second kappa shape index (κ2) is 10.8. The average molecular weight is 455 g/mol. The third kappa shape index (κ3) is 5.87. The molecule has 0 aromatic heterocycles. The van der Waals surface area contributed by atoms with Crippen molar-refractivity contribution in [1.29, 1.82) is 0 Å². The predicted octanol–water partition coefficient (Wildman–Crippen LogP) is 3.78. The maximum absolute atomic E-state index is 13.1. The zero-order valence-corrected chi connectivity index (χ0v) is 18.8. The predicted molar refractivity (Wildman–Crippen MR) is 123 cm³/mol. The van der Waals surface area contributed by atoms with Crippen LogP contribution in [0.3, 0.4) is 0 Å². The van der Waals surface area contributed by atoms with Gasteiger partial charge >= 0.3 is 0 Å². The summed E-state index contributed by atoms with van der Waals surface area (Å²) in [7, 11) is -0.793. The monoisotopic (exact) mass is 454 g/mol. The number of hydrogen-bond donors (Lipinski definition) is 1. The smallest absolute Gasteiger partial charge is 0.262 e. The minimum absolute atomic E-state index is 0.0476. The molecule has 0 saturated heterocycles. The number of para-hydroxylation sites is 2. The number of hydrogen-bond acceptors (Lipinski definition) is 5. The molecule has 3 rings (SSSR count). The first kappa shape index (κ1) is 23.3. The minimum Gasteiger partial charge on any atom is -0.495 e. The highest BCUT2D eigenvalue weighted by molar-refractivity contribution is 7.92. The molecule has 32 heavy (non-hydrogen) atoms. The van der Waals surface area contributed by atoms with Crippen molar-refractivity contribution in [3.8, 4) is 5.75 Å². The Hall–Kier alpha value is -3.36. The molecule has 0 fully saturated rings. The van der Waals surface area contributed by atoms with Crippen molar-refractivity contribution in [3.05, 3.63) is 90.0 Å². The molecule has 1 N–H and O–H groups in total. The van der Waals surface area contributed by atoms with Gasteiger partial charge < -0.3 is 14.4 Å². The first-order valence-corrected chi connectivity index (χ1v) is 11.5. The lowest BCUT2D eigenvalue weighted by Crippen LogP contribution is -2.33. The van der Waals surface area contributed by atoms with Crippen LogP contribution in [0.4, 0.5) is 5.69 Å². The van der Waals surface area contributed by atoms with Gasteiger partial charge in [0.1, 0.15) is 5.75 Å². The Bertz CT molecular complexity index is 1130. The van der Waals surface area contributed by atoms with Crippen LogP contribution in [-0.2, 0) is 21.3 Å². The molecule has 168 valence electrons. The molecule has 1 amide bonds. The van der Waals surface area contributed by atoms with Gasteiger partial charge in [-0.25, -0.2) is 8.42 Å². The van der Waals surface area contributed by atoms with E-state index >= 15 is 0 Å². The van der Waals surface area contributed by atoms with Crippen molar-refractivity contribution in [1.82, 2.24) is 4.90 Å². The third-order valence-electron chi connectivity index (χ3n) is 4.83. The molecule has 0 atom stereocenters. The number of anilines is 1. The van der Waals surface area contributed by atoms with E-state index in [0.717, 1.165) is 5.56 Å². The molecule has 0 aliphatic carbocycles. The van der Waals surface area contributed by atoms with Crippen molar-refractivity contribution in [2.24, 2.45) is 0 Å². The van der Waals surface area contributed by atoms with Gasteiger partial charge in [-0.3, -0.25) is 9.52 Å². The van der Waals surface area contributed by atoms with Crippen LogP contribution in [0.1, 0.15) is 15.9 Å². The highest BCUT2D eigenvalue weighted by Crippen LogP contribution is 2.26. The Labute approximate surface area is 188 Å². The first-order chi connectivity index (χ1) is 15.4. The number of ether oxygens (including phenoxy) is 2. The van der Waals surface area contributed by atoms with Crippen LogP contribution < -0.4 is 9.46 Å². The SMILES string of the molecule is COCCN(Cc1ccccc1)C(=O)c1ccc(S(=O)(=O)Nc2ccccc2OC)cc1. The van der Waals surface area contributed by atoms with Gasteiger partial charge in [0.15, 0.2) is 0 Å². The molecule has 3 aromatic rings. The number of amides is 1. The van der Waals surface area contributed by atoms with E-state index in [9.17, 15) is 13.2 Å². The van der Waals surface area contributed by atoms with Gasteiger partial charge in [-0.15, -0.1) is 0 Å². The lowest BCUT2D eigenvalue weighted by molar-refractivity contribution is 0.0680. The van der Waals surface area contributed by atoms with Crippen molar-refractivity contribution in [2.45, 2.75) is 11.4 Å². The highest BCUT2D eigenvalue weighted by atomic mass is 32.2. The summed E-state index contributed by atoms with van der Waals surface area (Å²) in [4.78, 5) is 14.8. The zero-order valence-electron chi connectivity index (χ0n) is 18.0. The quantitative estimate of drug-likeness (QED) is 0.504. The van der Waals surface area contributed by atoms with Crippen LogP contribution in [0.15, 0.2) is 83.8 Å². The van der Waals surface area contributed by atoms with Crippen LogP contribution in [0.5, 0.6) is 5.75 Å². The number of nitrogens with zero attached hydrogens (tertiary/aromatic N) is 1. The fourth-order valence-corrected chi connectivity index (χ4v) is 4.22. The Balaban J connectivity index is 1.78. The van der Waals surface area contributed by atoms with Gasteiger partial charge in [-0.2, -0.15) is 0 Å². The molecule has 3 aromatic carbocycles. The Morgan fingerprint density at radius 2 is 1.56 bits per heavy atom. The van der Waals surface area contributed by atoms with Crippen LogP contribution in [0.2, 0.25) is 0 Å². The van der Waals surface area contributed by atoms with Gasteiger partial charge in [0.2, 0.25) is 0 Å². The molecule has 0 radical (unpaired) electrons. The summed E-state index contributed by atoms with van der Waals surface area (Å²) in [5.74, 6) is 0.213. The van der Waals surface area contributed by atoms with Crippen molar-refractivity contribution in [2.75, 3.05) is 32.1 Å². The van der Waals surface area contributed by atoms with Gasteiger partial charge in [0.25, 0.3) is 15.9 Å². The van der Waals surface area contributed by atoms with E-state index in [1.54, 1.807) is 36.3 Å². The standard InChI is InChI=1S/C24H26N2O5S/c1-30-17-16-26(18-19-8-4-3-5-9-19)24(27)20-12-14-21(15-13-20)32(28,29)25-22-10-6-7-11-23(22)31-2/h3-15,25H,16-18H2,1-2H3. The number of rotatable bonds is 10. The largest absolute Gasteiger partial charge is 0.495 e. The van der Waals surface area contributed by atoms with E-state index in [1.807, 2.05) is 30.3 Å². The van der Waals surface area contributed by atoms with Crippen molar-refractivity contribution >= 4 is 21.6 Å². The van der Waals surface area contributed by atoms with Crippen LogP contribution in [0.25, 0.3) is 0 Å². The molecule has 0 spiro atoms. The van der Waals surface area contributed by atoms with E-state index in [1.165, 1.54) is 31.4 Å². The number of nitrogens with one attached hydrogen (secondary N) is 1. The molecular weight excluding hydrogens is 428 g/mol. The maximum Gasteiger partial charge on any atom is 0.262 e. The summed E-state index contributed by atoms with van der Waals surface area (Å²) < 4.78 is 38.4.